The molecule has 1 heterocycles. The fourth-order valence-electron chi connectivity index (χ4n) is 2.78. The predicted molar refractivity (Wildman–Crippen MR) is 113 cm³/mol. The van der Waals surface area contributed by atoms with Crippen LogP contribution in [0.3, 0.4) is 0 Å². The number of aromatic nitrogens is 2. The molecule has 0 spiro atoms. The minimum atomic E-state index is -0.223. The number of allylic oxidation sites excluding steroid dienone is 2. The van der Waals surface area contributed by atoms with E-state index in [-0.39, 0.29) is 18.1 Å². The molecule has 27 heavy (non-hydrogen) atoms. The molecule has 152 valence electrons. The quantitative estimate of drug-likeness (QED) is 0.268. The third-order valence-corrected chi connectivity index (χ3v) is 4.97. The number of rotatable bonds is 11. The van der Waals surface area contributed by atoms with Gasteiger partial charge in [-0.3, -0.25) is 13.9 Å². The molecule has 0 radical (unpaired) electrons. The number of hydrogen-bond acceptors (Lipinski definition) is 5. The summed E-state index contributed by atoms with van der Waals surface area (Å²) < 4.78 is 8.75. The third-order valence-electron chi connectivity index (χ3n) is 4.49. The first kappa shape index (κ1) is 23.1. The van der Waals surface area contributed by atoms with E-state index in [0.29, 0.717) is 23.7 Å². The van der Waals surface area contributed by atoms with Gasteiger partial charge < -0.3 is 10.1 Å². The molecule has 0 fully saturated rings. The Kier molecular flexibility index (Phi) is 10.1. The van der Waals surface area contributed by atoms with E-state index in [9.17, 15) is 9.59 Å². The molecule has 6 nitrogen and oxygen atoms in total. The van der Waals surface area contributed by atoms with Crippen LogP contribution < -0.4 is 11.0 Å². The largest absolute Gasteiger partial charge is 0.466 e. The van der Waals surface area contributed by atoms with Crippen molar-refractivity contribution < 1.29 is 9.53 Å². The third kappa shape index (κ3) is 6.97. The Morgan fingerprint density at radius 1 is 1.33 bits per heavy atom. The highest BCUT2D eigenvalue weighted by molar-refractivity contribution is 7.71. The number of hydrogen-bond donors (Lipinski definition) is 1. The molecule has 0 aromatic carbocycles. The zero-order chi connectivity index (χ0) is 20.4. The smallest absolute Gasteiger partial charge is 0.328 e. The lowest BCUT2D eigenvalue weighted by molar-refractivity contribution is -0.143. The van der Waals surface area contributed by atoms with E-state index in [2.05, 4.69) is 25.2 Å². The molecule has 0 aliphatic rings. The Morgan fingerprint density at radius 2 is 2.04 bits per heavy atom. The maximum atomic E-state index is 12.4. The van der Waals surface area contributed by atoms with Gasteiger partial charge in [0, 0.05) is 26.3 Å². The van der Waals surface area contributed by atoms with Gasteiger partial charge in [0.05, 0.1) is 18.7 Å². The van der Waals surface area contributed by atoms with Crippen molar-refractivity contribution in [2.24, 2.45) is 20.0 Å². The normalized spacial score (nSPS) is 12.3. The summed E-state index contributed by atoms with van der Waals surface area (Å²) in [4.78, 5) is 24.2. The van der Waals surface area contributed by atoms with Gasteiger partial charge >= 0.3 is 11.7 Å². The van der Waals surface area contributed by atoms with Gasteiger partial charge in [0.15, 0.2) is 0 Å². The lowest BCUT2D eigenvalue weighted by atomic mass is 10.00. The van der Waals surface area contributed by atoms with Crippen LogP contribution in [-0.2, 0) is 30.0 Å². The number of carbonyl (C=O) groups is 1. The van der Waals surface area contributed by atoms with Crippen molar-refractivity contribution in [3.63, 3.8) is 0 Å². The van der Waals surface area contributed by atoms with E-state index in [1.165, 1.54) is 4.57 Å². The summed E-state index contributed by atoms with van der Waals surface area (Å²) in [5.74, 6) is 0.146. The SMILES string of the molecule is C/C=C/CC(C)Cc1c(NCCC(=O)OCCCC)c(=S)n(C)c(=O)n1C. The van der Waals surface area contributed by atoms with E-state index in [1.54, 1.807) is 18.7 Å². The molecule has 1 aromatic heterocycles. The van der Waals surface area contributed by atoms with Crippen LogP contribution in [0.5, 0.6) is 0 Å². The predicted octanol–water partition coefficient (Wildman–Crippen LogP) is 3.74. The lowest BCUT2D eigenvalue weighted by Crippen LogP contribution is -2.32. The van der Waals surface area contributed by atoms with Gasteiger partial charge in [-0.2, -0.15) is 0 Å². The van der Waals surface area contributed by atoms with Crippen molar-refractivity contribution in [2.75, 3.05) is 18.5 Å². The van der Waals surface area contributed by atoms with Crippen molar-refractivity contribution in [3.05, 3.63) is 33.0 Å². The molecular formula is C20H33N3O3S. The van der Waals surface area contributed by atoms with Gasteiger partial charge in [0.2, 0.25) is 0 Å². The Hall–Kier alpha value is -1.89. The Bertz CT molecular complexity index is 765. The summed E-state index contributed by atoms with van der Waals surface area (Å²) in [5.41, 5.74) is 1.49. The Morgan fingerprint density at radius 3 is 2.67 bits per heavy atom. The maximum Gasteiger partial charge on any atom is 0.328 e. The van der Waals surface area contributed by atoms with Crippen LogP contribution in [0.25, 0.3) is 0 Å². The summed E-state index contributed by atoms with van der Waals surface area (Å²) in [7, 11) is 3.43. The number of anilines is 1. The fraction of sp³-hybridized carbons (Fsp3) is 0.650. The number of nitrogens with one attached hydrogen (secondary N) is 1. The van der Waals surface area contributed by atoms with Crippen molar-refractivity contribution in [1.29, 1.82) is 0 Å². The zero-order valence-corrected chi connectivity index (χ0v) is 18.0. The number of unbranched alkanes of at least 4 members (excludes halogenated alkanes) is 1. The summed E-state index contributed by atoms with van der Waals surface area (Å²) in [6.45, 7) is 7.08. The topological polar surface area (TPSA) is 65.3 Å². The van der Waals surface area contributed by atoms with Crippen LogP contribution in [0.15, 0.2) is 16.9 Å². The van der Waals surface area contributed by atoms with E-state index in [1.807, 2.05) is 13.0 Å². The van der Waals surface area contributed by atoms with Crippen LogP contribution in [0.1, 0.15) is 52.1 Å². The van der Waals surface area contributed by atoms with Crippen LogP contribution in [0.2, 0.25) is 0 Å². The van der Waals surface area contributed by atoms with E-state index in [0.717, 1.165) is 37.1 Å². The van der Waals surface area contributed by atoms with Crippen molar-refractivity contribution in [3.8, 4) is 0 Å². The van der Waals surface area contributed by atoms with Gasteiger partial charge in [-0.25, -0.2) is 4.79 Å². The molecule has 0 bridgehead atoms. The van der Waals surface area contributed by atoms with Crippen molar-refractivity contribution in [1.82, 2.24) is 9.13 Å². The highest BCUT2D eigenvalue weighted by Crippen LogP contribution is 2.21. The van der Waals surface area contributed by atoms with Gasteiger partial charge in [-0.1, -0.05) is 44.6 Å². The summed E-state index contributed by atoms with van der Waals surface area (Å²) in [6.07, 6.45) is 7.95. The second kappa shape index (κ2) is 11.7. The van der Waals surface area contributed by atoms with Gasteiger partial charge in [0.1, 0.15) is 4.64 Å². The molecule has 0 aliphatic carbocycles. The second-order valence-corrected chi connectivity index (χ2v) is 7.28. The van der Waals surface area contributed by atoms with Gasteiger partial charge in [0.25, 0.3) is 0 Å². The molecular weight excluding hydrogens is 362 g/mol. The number of ether oxygens (including phenoxy) is 1. The summed E-state index contributed by atoms with van der Waals surface area (Å²) in [6, 6.07) is 0. The lowest BCUT2D eigenvalue weighted by Gasteiger charge is -2.20. The number of carbonyl (C=O) groups excluding carboxylic acids is 1. The van der Waals surface area contributed by atoms with Crippen LogP contribution in [-0.4, -0.2) is 28.3 Å². The zero-order valence-electron chi connectivity index (χ0n) is 17.2. The highest BCUT2D eigenvalue weighted by atomic mass is 32.1. The molecule has 1 N–H and O–H groups in total. The first-order valence-electron chi connectivity index (χ1n) is 9.62. The first-order valence-corrected chi connectivity index (χ1v) is 10.0. The van der Waals surface area contributed by atoms with E-state index in [4.69, 9.17) is 17.0 Å². The molecule has 1 aromatic rings. The summed E-state index contributed by atoms with van der Waals surface area (Å²) in [5, 5.41) is 3.27. The molecule has 0 aliphatic heterocycles. The minimum Gasteiger partial charge on any atom is -0.466 e. The molecule has 1 rings (SSSR count). The molecule has 7 heteroatoms. The molecule has 1 atom stereocenters. The van der Waals surface area contributed by atoms with Crippen molar-refractivity contribution >= 4 is 23.9 Å². The molecule has 0 saturated heterocycles. The number of esters is 1. The number of nitrogens with zero attached hydrogens (tertiary/aromatic N) is 2. The molecule has 1 unspecified atom stereocenters. The van der Waals surface area contributed by atoms with Crippen LogP contribution in [0, 0.1) is 10.6 Å². The molecule has 0 saturated carbocycles. The van der Waals surface area contributed by atoms with E-state index >= 15 is 0 Å². The summed E-state index contributed by atoms with van der Waals surface area (Å²) >= 11 is 5.49. The highest BCUT2D eigenvalue weighted by Gasteiger charge is 2.16. The second-order valence-electron chi connectivity index (χ2n) is 6.89. The monoisotopic (exact) mass is 395 g/mol. The van der Waals surface area contributed by atoms with Crippen LogP contribution in [0.4, 0.5) is 5.69 Å². The fourth-order valence-corrected chi connectivity index (χ4v) is 3.04. The van der Waals surface area contributed by atoms with Crippen LogP contribution >= 0.6 is 12.2 Å². The van der Waals surface area contributed by atoms with Crippen molar-refractivity contribution in [2.45, 2.75) is 52.9 Å². The first-order chi connectivity index (χ1) is 12.8. The maximum absolute atomic E-state index is 12.4. The molecule has 0 amide bonds. The average molecular weight is 396 g/mol. The average Bonchev–Trinajstić information content (AvgIpc) is 2.65. The van der Waals surface area contributed by atoms with Gasteiger partial charge in [-0.05, 0) is 32.1 Å². The van der Waals surface area contributed by atoms with Gasteiger partial charge in [-0.15, -0.1) is 0 Å². The minimum absolute atomic E-state index is 0.141. The Balaban J connectivity index is 2.95. The Labute approximate surface area is 167 Å². The van der Waals surface area contributed by atoms with E-state index < -0.39 is 0 Å². The standard InChI is InChI=1S/C20H33N3O3S/c1-6-8-10-15(3)14-16-18(19(27)23(5)20(25)22(16)4)21-12-11-17(24)26-13-9-7-2/h6,8,15,21H,7,9-14H2,1-5H3/b8-6+.